The SMILES string of the molecule is CCOC(=O)C1CCN(C(=O)C2(C)CCCN2)CC1. The summed E-state index contributed by atoms with van der Waals surface area (Å²) < 4.78 is 5.04. The van der Waals surface area contributed by atoms with Crippen molar-refractivity contribution in [1.82, 2.24) is 10.2 Å². The quantitative estimate of drug-likeness (QED) is 0.774. The van der Waals surface area contributed by atoms with Crippen LogP contribution in [0.3, 0.4) is 0 Å². The first-order chi connectivity index (χ1) is 9.07. The predicted octanol–water partition coefficient (Wildman–Crippen LogP) is 0.930. The van der Waals surface area contributed by atoms with Crippen molar-refractivity contribution in [2.45, 2.75) is 45.1 Å². The molecule has 0 aliphatic carbocycles. The average Bonchev–Trinajstić information content (AvgIpc) is 2.86. The van der Waals surface area contributed by atoms with Gasteiger partial charge in [0.05, 0.1) is 18.1 Å². The van der Waals surface area contributed by atoms with Gasteiger partial charge in [-0.15, -0.1) is 0 Å². The number of amides is 1. The van der Waals surface area contributed by atoms with Gasteiger partial charge in [-0.05, 0) is 46.1 Å². The fourth-order valence-corrected chi connectivity index (χ4v) is 3.00. The van der Waals surface area contributed by atoms with Gasteiger partial charge in [0.2, 0.25) is 5.91 Å². The molecular formula is C14H24N2O3. The highest BCUT2D eigenvalue weighted by atomic mass is 16.5. The number of hydrogen-bond donors (Lipinski definition) is 1. The van der Waals surface area contributed by atoms with Gasteiger partial charge >= 0.3 is 5.97 Å². The molecule has 1 amide bonds. The molecule has 0 radical (unpaired) electrons. The van der Waals surface area contributed by atoms with Crippen LogP contribution >= 0.6 is 0 Å². The van der Waals surface area contributed by atoms with Crippen LogP contribution in [0.5, 0.6) is 0 Å². The van der Waals surface area contributed by atoms with Gasteiger partial charge in [0.15, 0.2) is 0 Å². The molecule has 2 rings (SSSR count). The Labute approximate surface area is 114 Å². The summed E-state index contributed by atoms with van der Waals surface area (Å²) in [5.41, 5.74) is -0.392. The Balaban J connectivity index is 1.86. The number of rotatable bonds is 3. The minimum absolute atomic E-state index is 0.0339. The standard InChI is InChI=1S/C14H24N2O3/c1-3-19-12(17)11-5-9-16(10-6-11)13(18)14(2)7-4-8-15-14/h11,15H,3-10H2,1-2H3. The molecule has 0 saturated carbocycles. The number of likely N-dealkylation sites (tertiary alicyclic amines) is 1. The van der Waals surface area contributed by atoms with Gasteiger partial charge < -0.3 is 15.0 Å². The third-order valence-corrected chi connectivity index (χ3v) is 4.24. The molecule has 0 aromatic carbocycles. The summed E-state index contributed by atoms with van der Waals surface area (Å²) in [6.07, 6.45) is 3.41. The van der Waals surface area contributed by atoms with E-state index in [1.54, 1.807) is 0 Å². The van der Waals surface area contributed by atoms with E-state index in [1.807, 2.05) is 18.7 Å². The highest BCUT2D eigenvalue weighted by Gasteiger charge is 2.40. The highest BCUT2D eigenvalue weighted by Crippen LogP contribution is 2.25. The van der Waals surface area contributed by atoms with Crippen molar-refractivity contribution in [3.05, 3.63) is 0 Å². The third kappa shape index (κ3) is 3.08. The second kappa shape index (κ2) is 5.90. The first-order valence-corrected chi connectivity index (χ1v) is 7.28. The molecule has 2 aliphatic rings. The summed E-state index contributed by atoms with van der Waals surface area (Å²) in [6.45, 7) is 6.49. The number of hydrogen-bond acceptors (Lipinski definition) is 4. The molecule has 2 aliphatic heterocycles. The predicted molar refractivity (Wildman–Crippen MR) is 71.6 cm³/mol. The van der Waals surface area contributed by atoms with Gasteiger partial charge in [-0.2, -0.15) is 0 Å². The van der Waals surface area contributed by atoms with Crippen LogP contribution in [0.2, 0.25) is 0 Å². The maximum Gasteiger partial charge on any atom is 0.309 e. The van der Waals surface area contributed by atoms with Gasteiger partial charge in [-0.25, -0.2) is 0 Å². The second-order valence-electron chi connectivity index (χ2n) is 5.68. The molecule has 0 spiro atoms. The van der Waals surface area contributed by atoms with E-state index in [4.69, 9.17) is 4.74 Å². The Hall–Kier alpha value is -1.10. The maximum atomic E-state index is 12.5. The van der Waals surface area contributed by atoms with Crippen molar-refractivity contribution in [1.29, 1.82) is 0 Å². The van der Waals surface area contributed by atoms with Crippen LogP contribution < -0.4 is 5.32 Å². The summed E-state index contributed by atoms with van der Waals surface area (Å²) in [6, 6.07) is 0. The third-order valence-electron chi connectivity index (χ3n) is 4.24. The zero-order chi connectivity index (χ0) is 13.9. The van der Waals surface area contributed by atoms with Gasteiger partial charge in [0.1, 0.15) is 0 Å². The molecule has 5 heteroatoms. The molecule has 1 unspecified atom stereocenters. The molecule has 2 saturated heterocycles. The smallest absolute Gasteiger partial charge is 0.309 e. The van der Waals surface area contributed by atoms with Crippen LogP contribution in [0.25, 0.3) is 0 Å². The van der Waals surface area contributed by atoms with E-state index in [9.17, 15) is 9.59 Å². The lowest BCUT2D eigenvalue weighted by Gasteiger charge is -2.36. The van der Waals surface area contributed by atoms with Crippen molar-refractivity contribution < 1.29 is 14.3 Å². The fraction of sp³-hybridized carbons (Fsp3) is 0.857. The van der Waals surface area contributed by atoms with Crippen molar-refractivity contribution >= 4 is 11.9 Å². The lowest BCUT2D eigenvalue weighted by atomic mass is 9.93. The molecule has 0 aromatic heterocycles. The summed E-state index contributed by atoms with van der Waals surface area (Å²) >= 11 is 0. The number of carbonyl (C=O) groups is 2. The molecule has 1 atom stereocenters. The maximum absolute atomic E-state index is 12.5. The van der Waals surface area contributed by atoms with Crippen LogP contribution in [0.4, 0.5) is 0 Å². The molecule has 0 aromatic rings. The number of ether oxygens (including phenoxy) is 1. The van der Waals surface area contributed by atoms with Crippen molar-refractivity contribution in [2.24, 2.45) is 5.92 Å². The van der Waals surface area contributed by atoms with Crippen molar-refractivity contribution in [2.75, 3.05) is 26.2 Å². The fourth-order valence-electron chi connectivity index (χ4n) is 3.00. The van der Waals surface area contributed by atoms with Gasteiger partial charge in [-0.3, -0.25) is 9.59 Å². The Kier molecular flexibility index (Phi) is 4.45. The second-order valence-corrected chi connectivity index (χ2v) is 5.68. The Morgan fingerprint density at radius 3 is 2.58 bits per heavy atom. The summed E-state index contributed by atoms with van der Waals surface area (Å²) in [7, 11) is 0. The minimum atomic E-state index is -0.392. The molecule has 1 N–H and O–H groups in total. The minimum Gasteiger partial charge on any atom is -0.466 e. The van der Waals surface area contributed by atoms with Gasteiger partial charge in [0, 0.05) is 13.1 Å². The number of piperidine rings is 1. The zero-order valence-electron chi connectivity index (χ0n) is 11.9. The molecule has 0 bridgehead atoms. The number of nitrogens with one attached hydrogen (secondary N) is 1. The van der Waals surface area contributed by atoms with E-state index in [0.717, 1.165) is 32.2 Å². The highest BCUT2D eigenvalue weighted by molar-refractivity contribution is 5.86. The Morgan fingerprint density at radius 2 is 2.05 bits per heavy atom. The first-order valence-electron chi connectivity index (χ1n) is 7.28. The topological polar surface area (TPSA) is 58.6 Å². The van der Waals surface area contributed by atoms with E-state index < -0.39 is 5.54 Å². The van der Waals surface area contributed by atoms with Crippen LogP contribution in [-0.4, -0.2) is 48.6 Å². The number of carbonyl (C=O) groups excluding carboxylic acids is 2. The molecule has 5 nitrogen and oxygen atoms in total. The van der Waals surface area contributed by atoms with E-state index in [2.05, 4.69) is 5.32 Å². The van der Waals surface area contributed by atoms with Crippen molar-refractivity contribution in [3.63, 3.8) is 0 Å². The van der Waals surface area contributed by atoms with Crippen LogP contribution in [0.1, 0.15) is 39.5 Å². The first kappa shape index (κ1) is 14.3. The molecule has 108 valence electrons. The van der Waals surface area contributed by atoms with E-state index in [-0.39, 0.29) is 17.8 Å². The van der Waals surface area contributed by atoms with E-state index in [0.29, 0.717) is 19.7 Å². The zero-order valence-corrected chi connectivity index (χ0v) is 11.9. The number of nitrogens with zero attached hydrogens (tertiary/aromatic N) is 1. The summed E-state index contributed by atoms with van der Waals surface area (Å²) in [5, 5.41) is 3.30. The average molecular weight is 268 g/mol. The summed E-state index contributed by atoms with van der Waals surface area (Å²) in [4.78, 5) is 26.0. The lowest BCUT2D eigenvalue weighted by Crippen LogP contribution is -2.55. The van der Waals surface area contributed by atoms with Crippen molar-refractivity contribution in [3.8, 4) is 0 Å². The lowest BCUT2D eigenvalue weighted by molar-refractivity contribution is -0.152. The van der Waals surface area contributed by atoms with Gasteiger partial charge in [-0.1, -0.05) is 0 Å². The molecular weight excluding hydrogens is 244 g/mol. The monoisotopic (exact) mass is 268 g/mol. The summed E-state index contributed by atoms with van der Waals surface area (Å²) in [5.74, 6) is 0.0421. The van der Waals surface area contributed by atoms with E-state index in [1.165, 1.54) is 0 Å². The molecule has 2 heterocycles. The van der Waals surface area contributed by atoms with Crippen LogP contribution in [-0.2, 0) is 14.3 Å². The van der Waals surface area contributed by atoms with Crippen LogP contribution in [0, 0.1) is 5.92 Å². The largest absolute Gasteiger partial charge is 0.466 e. The normalized spacial score (nSPS) is 28.4. The molecule has 2 fully saturated rings. The Bertz CT molecular complexity index is 343. The van der Waals surface area contributed by atoms with E-state index >= 15 is 0 Å². The molecule has 19 heavy (non-hydrogen) atoms. The van der Waals surface area contributed by atoms with Crippen LogP contribution in [0.15, 0.2) is 0 Å². The Morgan fingerprint density at radius 1 is 1.37 bits per heavy atom. The number of esters is 1. The van der Waals surface area contributed by atoms with Gasteiger partial charge in [0.25, 0.3) is 0 Å².